The fourth-order valence-electron chi connectivity index (χ4n) is 1.11. The molecule has 0 aliphatic rings. The number of carbonyl (C=O) groups is 2. The Hall–Kier alpha value is -1.90. The Bertz CT molecular complexity index is 385. The molecule has 0 saturated carbocycles. The quantitative estimate of drug-likeness (QED) is 0.595. The highest BCUT2D eigenvalue weighted by atomic mass is 16.1. The van der Waals surface area contributed by atoms with Crippen LogP contribution in [-0.4, -0.2) is 18.2 Å². The molecular formula is C12H12NO2. The van der Waals surface area contributed by atoms with Crippen LogP contribution in [0.3, 0.4) is 0 Å². The van der Waals surface area contributed by atoms with Gasteiger partial charge in [0.15, 0.2) is 6.29 Å². The van der Waals surface area contributed by atoms with Crippen molar-refractivity contribution in [3.63, 3.8) is 0 Å². The molecule has 1 rings (SSSR count). The number of carbonyl (C=O) groups excluding carboxylic acids is 2. The van der Waals surface area contributed by atoms with E-state index >= 15 is 0 Å². The van der Waals surface area contributed by atoms with E-state index in [-0.39, 0.29) is 11.9 Å². The zero-order valence-electron chi connectivity index (χ0n) is 8.27. The van der Waals surface area contributed by atoms with E-state index in [1.165, 1.54) is 6.08 Å². The fourth-order valence-corrected chi connectivity index (χ4v) is 1.11. The highest BCUT2D eigenvalue weighted by molar-refractivity contribution is 6.01. The maximum Gasteiger partial charge on any atom is 0.252 e. The van der Waals surface area contributed by atoms with Crippen molar-refractivity contribution in [1.29, 1.82) is 0 Å². The minimum Gasteiger partial charge on any atom is -0.346 e. The molecule has 1 N–H and O–H groups in total. The van der Waals surface area contributed by atoms with Gasteiger partial charge in [0.2, 0.25) is 0 Å². The lowest BCUT2D eigenvalue weighted by Gasteiger charge is -2.09. The maximum atomic E-state index is 11.6. The molecule has 1 atom stereocenters. The van der Waals surface area contributed by atoms with Crippen molar-refractivity contribution >= 4 is 12.2 Å². The van der Waals surface area contributed by atoms with Gasteiger partial charge >= 0.3 is 0 Å². The van der Waals surface area contributed by atoms with Gasteiger partial charge < -0.3 is 5.32 Å². The van der Waals surface area contributed by atoms with Gasteiger partial charge in [0, 0.05) is 17.2 Å². The summed E-state index contributed by atoms with van der Waals surface area (Å²) >= 11 is 0. The predicted molar refractivity (Wildman–Crippen MR) is 58.6 cm³/mol. The summed E-state index contributed by atoms with van der Waals surface area (Å²) in [5, 5.41) is 2.59. The molecule has 1 radical (unpaired) electrons. The molecule has 1 aromatic rings. The van der Waals surface area contributed by atoms with Crippen molar-refractivity contribution < 1.29 is 9.59 Å². The SMILES string of the molecule is [CH2]C(C=C)NC(=O)c1ccccc1C=O. The first-order valence-electron chi connectivity index (χ1n) is 4.49. The minimum atomic E-state index is -0.364. The molecule has 3 heteroatoms. The Morgan fingerprint density at radius 1 is 1.40 bits per heavy atom. The fraction of sp³-hybridized carbons (Fsp3) is 0.0833. The predicted octanol–water partition coefficient (Wildman–Crippen LogP) is 1.62. The lowest BCUT2D eigenvalue weighted by molar-refractivity contribution is 0.0944. The zero-order chi connectivity index (χ0) is 11.3. The van der Waals surface area contributed by atoms with Crippen LogP contribution >= 0.6 is 0 Å². The summed E-state index contributed by atoms with van der Waals surface area (Å²) in [5.41, 5.74) is 0.717. The van der Waals surface area contributed by atoms with Gasteiger partial charge in [-0.1, -0.05) is 24.3 Å². The Balaban J connectivity index is 2.90. The van der Waals surface area contributed by atoms with E-state index in [1.54, 1.807) is 24.3 Å². The van der Waals surface area contributed by atoms with Crippen molar-refractivity contribution in [3.8, 4) is 0 Å². The Labute approximate surface area is 88.8 Å². The molecule has 1 unspecified atom stereocenters. The number of hydrogen-bond donors (Lipinski definition) is 1. The van der Waals surface area contributed by atoms with Crippen molar-refractivity contribution in [2.75, 3.05) is 0 Å². The number of benzene rings is 1. The van der Waals surface area contributed by atoms with E-state index in [0.717, 1.165) is 0 Å². The minimum absolute atomic E-state index is 0.322. The molecule has 1 amide bonds. The van der Waals surface area contributed by atoms with Crippen LogP contribution in [0.4, 0.5) is 0 Å². The van der Waals surface area contributed by atoms with Gasteiger partial charge in [-0.05, 0) is 13.0 Å². The third-order valence-corrected chi connectivity index (χ3v) is 1.93. The van der Waals surface area contributed by atoms with E-state index in [9.17, 15) is 9.59 Å². The van der Waals surface area contributed by atoms with Gasteiger partial charge in [-0.15, -0.1) is 6.58 Å². The van der Waals surface area contributed by atoms with E-state index in [0.29, 0.717) is 17.4 Å². The summed E-state index contributed by atoms with van der Waals surface area (Å²) < 4.78 is 0. The summed E-state index contributed by atoms with van der Waals surface area (Å²) in [7, 11) is 0. The average molecular weight is 202 g/mol. The molecule has 0 aliphatic heterocycles. The van der Waals surface area contributed by atoms with Gasteiger partial charge in [0.05, 0.1) is 0 Å². The van der Waals surface area contributed by atoms with Gasteiger partial charge in [-0.25, -0.2) is 0 Å². The van der Waals surface area contributed by atoms with E-state index in [2.05, 4.69) is 18.8 Å². The number of rotatable bonds is 4. The standard InChI is InChI=1S/C12H12NO2/c1-3-9(2)13-12(15)11-7-5-4-6-10(11)8-14/h3-9H,1-2H2,(H,13,15). The van der Waals surface area contributed by atoms with Crippen molar-refractivity contribution in [3.05, 3.63) is 55.0 Å². The molecule has 77 valence electrons. The molecule has 15 heavy (non-hydrogen) atoms. The van der Waals surface area contributed by atoms with Crippen LogP contribution in [0.1, 0.15) is 20.7 Å². The third-order valence-electron chi connectivity index (χ3n) is 1.93. The molecule has 0 aliphatic carbocycles. The first-order valence-corrected chi connectivity index (χ1v) is 4.49. The van der Waals surface area contributed by atoms with Crippen LogP contribution in [0.2, 0.25) is 0 Å². The molecule has 0 heterocycles. The molecule has 1 aromatic carbocycles. The van der Waals surface area contributed by atoms with Gasteiger partial charge in [-0.2, -0.15) is 0 Å². The van der Waals surface area contributed by atoms with Crippen molar-refractivity contribution in [1.82, 2.24) is 5.32 Å². The average Bonchev–Trinajstić information content (AvgIpc) is 2.28. The zero-order valence-corrected chi connectivity index (χ0v) is 8.27. The van der Waals surface area contributed by atoms with E-state index in [1.807, 2.05) is 0 Å². The topological polar surface area (TPSA) is 46.2 Å². The van der Waals surface area contributed by atoms with Gasteiger partial charge in [0.25, 0.3) is 5.91 Å². The van der Waals surface area contributed by atoms with Gasteiger partial charge in [-0.3, -0.25) is 9.59 Å². The molecule has 0 saturated heterocycles. The Morgan fingerprint density at radius 2 is 2.07 bits per heavy atom. The van der Waals surface area contributed by atoms with Crippen molar-refractivity contribution in [2.45, 2.75) is 6.04 Å². The molecule has 0 bridgehead atoms. The number of nitrogens with one attached hydrogen (secondary N) is 1. The number of hydrogen-bond acceptors (Lipinski definition) is 2. The first-order chi connectivity index (χ1) is 7.19. The normalized spacial score (nSPS) is 11.5. The second kappa shape index (κ2) is 5.10. The van der Waals surface area contributed by atoms with Gasteiger partial charge in [0.1, 0.15) is 0 Å². The lowest BCUT2D eigenvalue weighted by atomic mass is 10.1. The second-order valence-corrected chi connectivity index (χ2v) is 3.02. The highest BCUT2D eigenvalue weighted by Gasteiger charge is 2.10. The maximum absolute atomic E-state index is 11.6. The summed E-state index contributed by atoms with van der Waals surface area (Å²) in [6.07, 6.45) is 2.17. The largest absolute Gasteiger partial charge is 0.346 e. The van der Waals surface area contributed by atoms with Crippen LogP contribution < -0.4 is 5.32 Å². The smallest absolute Gasteiger partial charge is 0.252 e. The molecule has 0 aromatic heterocycles. The second-order valence-electron chi connectivity index (χ2n) is 3.02. The number of aldehydes is 1. The summed E-state index contributed by atoms with van der Waals surface area (Å²) in [6.45, 7) is 7.14. The van der Waals surface area contributed by atoms with Crippen LogP contribution in [0.5, 0.6) is 0 Å². The monoisotopic (exact) mass is 202 g/mol. The summed E-state index contributed by atoms with van der Waals surface area (Å²) in [5.74, 6) is -0.322. The Morgan fingerprint density at radius 3 is 2.67 bits per heavy atom. The summed E-state index contributed by atoms with van der Waals surface area (Å²) in [6, 6.07) is 6.23. The first kappa shape index (κ1) is 11.2. The van der Waals surface area contributed by atoms with E-state index < -0.39 is 0 Å². The number of amides is 1. The lowest BCUT2D eigenvalue weighted by Crippen LogP contribution is -2.31. The summed E-state index contributed by atoms with van der Waals surface area (Å²) in [4.78, 5) is 22.3. The molecule has 0 fully saturated rings. The van der Waals surface area contributed by atoms with Crippen molar-refractivity contribution in [2.24, 2.45) is 0 Å². The molecular weight excluding hydrogens is 190 g/mol. The van der Waals surface area contributed by atoms with Crippen LogP contribution in [0, 0.1) is 6.92 Å². The highest BCUT2D eigenvalue weighted by Crippen LogP contribution is 2.06. The molecule has 3 nitrogen and oxygen atoms in total. The third kappa shape index (κ3) is 2.77. The van der Waals surface area contributed by atoms with Crippen LogP contribution in [-0.2, 0) is 0 Å². The van der Waals surface area contributed by atoms with Crippen LogP contribution in [0.15, 0.2) is 36.9 Å². The van der Waals surface area contributed by atoms with Crippen LogP contribution in [0.25, 0.3) is 0 Å². The van der Waals surface area contributed by atoms with E-state index in [4.69, 9.17) is 0 Å². The Kier molecular flexibility index (Phi) is 3.80. The molecule has 0 spiro atoms.